The van der Waals surface area contributed by atoms with E-state index in [1.165, 1.54) is 5.56 Å². The summed E-state index contributed by atoms with van der Waals surface area (Å²) < 4.78 is 5.74. The number of aryl methyl sites for hydroxylation is 1. The molecule has 1 aliphatic carbocycles. The highest BCUT2D eigenvalue weighted by atomic mass is 16.5. The highest BCUT2D eigenvalue weighted by Crippen LogP contribution is 2.42. The van der Waals surface area contributed by atoms with E-state index in [9.17, 15) is 14.7 Å². The Morgan fingerprint density at radius 3 is 2.56 bits per heavy atom. The maximum atomic E-state index is 12.6. The molecule has 0 aromatic heterocycles. The second-order valence-corrected chi connectivity index (χ2v) is 9.02. The highest BCUT2D eigenvalue weighted by Gasteiger charge is 2.56. The quantitative estimate of drug-likeness (QED) is 0.751. The van der Waals surface area contributed by atoms with E-state index in [-0.39, 0.29) is 30.4 Å². The van der Waals surface area contributed by atoms with Crippen molar-refractivity contribution in [2.24, 2.45) is 5.92 Å². The molecule has 1 aliphatic heterocycles. The number of aliphatic hydroxyl groups is 1. The third-order valence-corrected chi connectivity index (χ3v) is 5.56. The molecule has 0 bridgehead atoms. The van der Waals surface area contributed by atoms with Gasteiger partial charge in [-0.2, -0.15) is 0 Å². The lowest BCUT2D eigenvalue weighted by Gasteiger charge is -2.23. The topological polar surface area (TPSA) is 78.9 Å². The van der Waals surface area contributed by atoms with Gasteiger partial charge in [0.05, 0.1) is 6.54 Å². The molecule has 1 saturated carbocycles. The summed E-state index contributed by atoms with van der Waals surface area (Å²) in [6.07, 6.45) is 0.959. The SMILES string of the molecule is Cc1cc(C(C)(C)C)ccc1OCC(O)CN1C(=O)NC(C)(C2CC2)C1=O. The number of aliphatic hydroxyl groups excluding tert-OH is 1. The van der Waals surface area contributed by atoms with E-state index in [0.717, 1.165) is 23.3 Å². The molecule has 1 aromatic carbocycles. The van der Waals surface area contributed by atoms with Crippen molar-refractivity contribution in [1.29, 1.82) is 0 Å². The van der Waals surface area contributed by atoms with Crippen LogP contribution in [0, 0.1) is 12.8 Å². The van der Waals surface area contributed by atoms with E-state index in [1.807, 2.05) is 19.1 Å². The van der Waals surface area contributed by atoms with Crippen molar-refractivity contribution >= 4 is 11.9 Å². The van der Waals surface area contributed by atoms with Gasteiger partial charge < -0.3 is 15.2 Å². The minimum Gasteiger partial charge on any atom is -0.491 e. The van der Waals surface area contributed by atoms with Crippen molar-refractivity contribution < 1.29 is 19.4 Å². The molecule has 2 unspecified atom stereocenters. The standard InChI is InChI=1S/C21H30N2O4/c1-13-10-15(20(2,3)4)8-9-17(13)27-12-16(24)11-23-18(25)21(5,14-6-7-14)22-19(23)26/h8-10,14,16,24H,6-7,11-12H2,1-5H3,(H,22,26). The summed E-state index contributed by atoms with van der Waals surface area (Å²) in [4.78, 5) is 25.9. The molecule has 2 aliphatic rings. The largest absolute Gasteiger partial charge is 0.491 e. The zero-order chi connectivity index (χ0) is 20.0. The summed E-state index contributed by atoms with van der Waals surface area (Å²) >= 11 is 0. The molecule has 1 aromatic rings. The van der Waals surface area contributed by atoms with Crippen LogP contribution < -0.4 is 10.1 Å². The highest BCUT2D eigenvalue weighted by molar-refractivity contribution is 6.07. The van der Waals surface area contributed by atoms with Crippen LogP contribution in [0.1, 0.15) is 51.7 Å². The minimum atomic E-state index is -0.942. The molecule has 27 heavy (non-hydrogen) atoms. The fourth-order valence-corrected chi connectivity index (χ4v) is 3.55. The zero-order valence-corrected chi connectivity index (χ0v) is 16.8. The average Bonchev–Trinajstić information content (AvgIpc) is 3.39. The molecule has 3 amide bonds. The number of carbonyl (C=O) groups is 2. The number of nitrogens with one attached hydrogen (secondary N) is 1. The summed E-state index contributed by atoms with van der Waals surface area (Å²) in [5, 5.41) is 13.1. The number of amides is 3. The predicted octanol–water partition coefficient (Wildman–Crippen LogP) is 2.75. The zero-order valence-electron chi connectivity index (χ0n) is 16.8. The van der Waals surface area contributed by atoms with E-state index < -0.39 is 17.7 Å². The van der Waals surface area contributed by atoms with Gasteiger partial charge in [0.1, 0.15) is 24.0 Å². The van der Waals surface area contributed by atoms with Crippen LogP contribution in [0.4, 0.5) is 4.79 Å². The van der Waals surface area contributed by atoms with Crippen molar-refractivity contribution in [3.8, 4) is 5.75 Å². The Morgan fingerprint density at radius 1 is 1.33 bits per heavy atom. The number of rotatable bonds is 6. The van der Waals surface area contributed by atoms with E-state index in [4.69, 9.17) is 4.74 Å². The normalized spacial score (nSPS) is 24.1. The third kappa shape index (κ3) is 3.95. The van der Waals surface area contributed by atoms with Gasteiger partial charge in [-0.1, -0.05) is 32.9 Å². The Morgan fingerprint density at radius 2 is 2.00 bits per heavy atom. The van der Waals surface area contributed by atoms with E-state index in [1.54, 1.807) is 6.92 Å². The van der Waals surface area contributed by atoms with Crippen LogP contribution in [0.5, 0.6) is 5.75 Å². The van der Waals surface area contributed by atoms with E-state index >= 15 is 0 Å². The number of imide groups is 1. The Bertz CT molecular complexity index is 751. The van der Waals surface area contributed by atoms with Crippen molar-refractivity contribution in [2.45, 2.75) is 64.5 Å². The molecule has 1 heterocycles. The van der Waals surface area contributed by atoms with E-state index in [0.29, 0.717) is 5.75 Å². The molecule has 6 nitrogen and oxygen atoms in total. The predicted molar refractivity (Wildman–Crippen MR) is 103 cm³/mol. The van der Waals surface area contributed by atoms with Crippen LogP contribution in [-0.2, 0) is 10.2 Å². The number of urea groups is 1. The number of β-amino-alcohol motifs (C(OH)–C–C–N with tert-alkyl or cyclic N) is 1. The smallest absolute Gasteiger partial charge is 0.325 e. The number of hydrogen-bond acceptors (Lipinski definition) is 4. The number of ether oxygens (including phenoxy) is 1. The Balaban J connectivity index is 1.58. The molecule has 3 rings (SSSR count). The van der Waals surface area contributed by atoms with Crippen LogP contribution in [0.3, 0.4) is 0 Å². The Hall–Kier alpha value is -2.08. The van der Waals surface area contributed by atoms with Crippen LogP contribution in [-0.4, -0.2) is 46.7 Å². The van der Waals surface area contributed by atoms with Gasteiger partial charge in [0, 0.05) is 0 Å². The fourth-order valence-electron chi connectivity index (χ4n) is 3.55. The molecule has 148 valence electrons. The molecule has 0 radical (unpaired) electrons. The lowest BCUT2D eigenvalue weighted by molar-refractivity contribution is -0.132. The van der Waals surface area contributed by atoms with Crippen molar-refractivity contribution in [3.05, 3.63) is 29.3 Å². The molecule has 2 fully saturated rings. The molecule has 2 N–H and O–H groups in total. The van der Waals surface area contributed by atoms with Gasteiger partial charge >= 0.3 is 6.03 Å². The van der Waals surface area contributed by atoms with Gasteiger partial charge in [0.25, 0.3) is 5.91 Å². The van der Waals surface area contributed by atoms with Crippen LogP contribution in [0.2, 0.25) is 0 Å². The Kier molecular flexibility index (Phi) is 4.97. The van der Waals surface area contributed by atoms with Gasteiger partial charge in [-0.05, 0) is 55.2 Å². The number of carbonyl (C=O) groups excluding carboxylic acids is 2. The minimum absolute atomic E-state index is 0.0207. The lowest BCUT2D eigenvalue weighted by atomic mass is 9.86. The van der Waals surface area contributed by atoms with Crippen molar-refractivity contribution in [2.75, 3.05) is 13.2 Å². The monoisotopic (exact) mass is 374 g/mol. The Labute approximate surface area is 160 Å². The second-order valence-electron chi connectivity index (χ2n) is 9.02. The van der Waals surface area contributed by atoms with Gasteiger partial charge in [0.2, 0.25) is 0 Å². The summed E-state index contributed by atoms with van der Waals surface area (Å²) in [6, 6.07) is 5.58. The average molecular weight is 374 g/mol. The molecule has 1 saturated heterocycles. The molecule has 2 atom stereocenters. The molecular weight excluding hydrogens is 344 g/mol. The molecular formula is C21H30N2O4. The van der Waals surface area contributed by atoms with Gasteiger partial charge in [0.15, 0.2) is 0 Å². The molecule has 0 spiro atoms. The van der Waals surface area contributed by atoms with Crippen LogP contribution in [0.15, 0.2) is 18.2 Å². The van der Waals surface area contributed by atoms with Crippen molar-refractivity contribution in [3.63, 3.8) is 0 Å². The number of benzene rings is 1. The second kappa shape index (κ2) is 6.82. The lowest BCUT2D eigenvalue weighted by Crippen LogP contribution is -2.46. The van der Waals surface area contributed by atoms with Gasteiger partial charge in [-0.25, -0.2) is 4.79 Å². The first-order valence-electron chi connectivity index (χ1n) is 9.58. The summed E-state index contributed by atoms with van der Waals surface area (Å²) in [6.45, 7) is 10.2. The summed E-state index contributed by atoms with van der Waals surface area (Å²) in [5.74, 6) is 0.651. The number of nitrogens with zero attached hydrogens (tertiary/aromatic N) is 1. The summed E-state index contributed by atoms with van der Waals surface area (Å²) in [7, 11) is 0. The van der Waals surface area contributed by atoms with Crippen LogP contribution in [0.25, 0.3) is 0 Å². The molecule has 6 heteroatoms. The number of hydrogen-bond donors (Lipinski definition) is 2. The van der Waals surface area contributed by atoms with Gasteiger partial charge in [-0.3, -0.25) is 9.69 Å². The first-order valence-corrected chi connectivity index (χ1v) is 9.58. The maximum absolute atomic E-state index is 12.6. The third-order valence-electron chi connectivity index (χ3n) is 5.56. The fraction of sp³-hybridized carbons (Fsp3) is 0.619. The first kappa shape index (κ1) is 19.7. The van der Waals surface area contributed by atoms with Crippen LogP contribution >= 0.6 is 0 Å². The summed E-state index contributed by atoms with van der Waals surface area (Å²) in [5.41, 5.74) is 1.44. The maximum Gasteiger partial charge on any atom is 0.325 e. The van der Waals surface area contributed by atoms with Gasteiger partial charge in [-0.15, -0.1) is 0 Å². The first-order chi connectivity index (χ1) is 12.5. The van der Waals surface area contributed by atoms with E-state index in [2.05, 4.69) is 32.2 Å². The van der Waals surface area contributed by atoms with Crippen molar-refractivity contribution in [1.82, 2.24) is 10.2 Å².